The molecule has 0 amide bonds. The van der Waals surface area contributed by atoms with Crippen LogP contribution in [0.2, 0.25) is 0 Å². The van der Waals surface area contributed by atoms with Crippen molar-refractivity contribution in [3.05, 3.63) is 30.0 Å². The minimum atomic E-state index is -0.662. The van der Waals surface area contributed by atoms with Crippen molar-refractivity contribution in [1.82, 2.24) is 19.7 Å². The maximum Gasteiger partial charge on any atom is 0.318 e. The van der Waals surface area contributed by atoms with Crippen LogP contribution in [0, 0.1) is 5.82 Å². The van der Waals surface area contributed by atoms with Crippen molar-refractivity contribution in [2.45, 2.75) is 6.61 Å². The van der Waals surface area contributed by atoms with Gasteiger partial charge in [0.15, 0.2) is 11.6 Å². The highest BCUT2D eigenvalue weighted by atomic mass is 19.1. The van der Waals surface area contributed by atoms with E-state index < -0.39 is 5.82 Å². The Morgan fingerprint density at radius 1 is 1.56 bits per heavy atom. The van der Waals surface area contributed by atoms with Crippen molar-refractivity contribution in [2.24, 2.45) is 7.05 Å². The van der Waals surface area contributed by atoms with Gasteiger partial charge in [-0.05, 0) is 6.07 Å². The molecule has 0 atom stereocenters. The number of anilines is 1. The van der Waals surface area contributed by atoms with Crippen LogP contribution >= 0.6 is 0 Å². The van der Waals surface area contributed by atoms with Gasteiger partial charge in [-0.15, -0.1) is 0 Å². The average Bonchev–Trinajstić information content (AvgIpc) is 2.66. The summed E-state index contributed by atoms with van der Waals surface area (Å²) in [5, 5.41) is 4.10. The summed E-state index contributed by atoms with van der Waals surface area (Å²) in [5.41, 5.74) is 6.00. The molecule has 0 fully saturated rings. The molecule has 0 aliphatic heterocycles. The van der Waals surface area contributed by atoms with Gasteiger partial charge in [0.25, 0.3) is 0 Å². The first kappa shape index (κ1) is 10.3. The number of rotatable bonds is 3. The maximum absolute atomic E-state index is 12.7. The summed E-state index contributed by atoms with van der Waals surface area (Å²) < 4.78 is 19.6. The third-order valence-corrected chi connectivity index (χ3v) is 1.87. The van der Waals surface area contributed by atoms with E-state index in [0.717, 1.165) is 11.9 Å². The molecule has 2 heterocycles. The summed E-state index contributed by atoms with van der Waals surface area (Å²) in [6, 6.07) is 1.83. The molecular formula is C9H10FN5O. The molecule has 84 valence electrons. The maximum atomic E-state index is 12.7. The van der Waals surface area contributed by atoms with Gasteiger partial charge in [-0.25, -0.2) is 9.37 Å². The normalized spacial score (nSPS) is 10.4. The standard InChI is InChI=1S/C9H10FN5O/c1-15-3-2-6(14-15)5-16-9-12-4-7(10)8(11)13-9/h2-4H,5H2,1H3,(H2,11,12,13). The first-order chi connectivity index (χ1) is 7.65. The highest BCUT2D eigenvalue weighted by molar-refractivity contribution is 5.29. The fourth-order valence-corrected chi connectivity index (χ4v) is 1.11. The average molecular weight is 223 g/mol. The van der Waals surface area contributed by atoms with E-state index in [1.807, 2.05) is 0 Å². The highest BCUT2D eigenvalue weighted by Gasteiger charge is 2.05. The molecule has 0 aromatic carbocycles. The van der Waals surface area contributed by atoms with Gasteiger partial charge in [0, 0.05) is 13.2 Å². The number of halogens is 1. The second-order valence-corrected chi connectivity index (χ2v) is 3.16. The molecular weight excluding hydrogens is 213 g/mol. The molecule has 2 N–H and O–H groups in total. The van der Waals surface area contributed by atoms with Crippen molar-refractivity contribution in [2.75, 3.05) is 5.73 Å². The molecule has 0 saturated heterocycles. The van der Waals surface area contributed by atoms with E-state index >= 15 is 0 Å². The predicted molar refractivity (Wildman–Crippen MR) is 53.9 cm³/mol. The largest absolute Gasteiger partial charge is 0.457 e. The number of nitrogens with zero attached hydrogens (tertiary/aromatic N) is 4. The van der Waals surface area contributed by atoms with Gasteiger partial charge in [0.1, 0.15) is 6.61 Å². The number of ether oxygens (including phenoxy) is 1. The van der Waals surface area contributed by atoms with Gasteiger partial charge in [-0.2, -0.15) is 10.1 Å². The van der Waals surface area contributed by atoms with Gasteiger partial charge in [-0.1, -0.05) is 0 Å². The lowest BCUT2D eigenvalue weighted by Crippen LogP contribution is -2.04. The smallest absolute Gasteiger partial charge is 0.318 e. The number of aryl methyl sites for hydroxylation is 1. The lowest BCUT2D eigenvalue weighted by molar-refractivity contribution is 0.274. The SMILES string of the molecule is Cn1ccc(COc2ncc(F)c(N)n2)n1. The Balaban J connectivity index is 2.02. The first-order valence-corrected chi connectivity index (χ1v) is 4.54. The Hall–Kier alpha value is -2.18. The van der Waals surface area contributed by atoms with E-state index in [1.54, 1.807) is 24.0 Å². The summed E-state index contributed by atoms with van der Waals surface area (Å²) in [6.45, 7) is 0.214. The summed E-state index contributed by atoms with van der Waals surface area (Å²) in [5.74, 6) is -0.892. The zero-order valence-corrected chi connectivity index (χ0v) is 8.59. The number of aromatic nitrogens is 4. The second kappa shape index (κ2) is 4.13. The minimum absolute atomic E-state index is 0.0320. The molecule has 0 radical (unpaired) electrons. The number of nitrogens with two attached hydrogens (primary N) is 1. The predicted octanol–water partition coefficient (Wildman–Crippen LogP) is 0.510. The van der Waals surface area contributed by atoms with E-state index in [-0.39, 0.29) is 18.4 Å². The van der Waals surface area contributed by atoms with Crippen LogP contribution < -0.4 is 10.5 Å². The van der Waals surface area contributed by atoms with Gasteiger partial charge >= 0.3 is 6.01 Å². The number of nitrogen functional groups attached to an aromatic ring is 1. The molecule has 6 nitrogen and oxygen atoms in total. The Labute approximate surface area is 90.9 Å². The third-order valence-electron chi connectivity index (χ3n) is 1.87. The van der Waals surface area contributed by atoms with Gasteiger partial charge in [-0.3, -0.25) is 4.68 Å². The fourth-order valence-electron chi connectivity index (χ4n) is 1.11. The van der Waals surface area contributed by atoms with Gasteiger partial charge in [0.05, 0.1) is 11.9 Å². The van der Waals surface area contributed by atoms with E-state index in [2.05, 4.69) is 15.1 Å². The molecule has 0 aliphatic carbocycles. The quantitative estimate of drug-likeness (QED) is 0.820. The van der Waals surface area contributed by atoms with E-state index in [9.17, 15) is 4.39 Å². The van der Waals surface area contributed by atoms with Crippen molar-refractivity contribution < 1.29 is 9.13 Å². The van der Waals surface area contributed by atoms with Crippen LogP contribution in [0.4, 0.5) is 10.2 Å². The molecule has 0 saturated carbocycles. The molecule has 0 bridgehead atoms. The summed E-state index contributed by atoms with van der Waals surface area (Å²) in [6.07, 6.45) is 2.76. The molecule has 2 aromatic heterocycles. The Morgan fingerprint density at radius 3 is 3.00 bits per heavy atom. The summed E-state index contributed by atoms with van der Waals surface area (Å²) in [4.78, 5) is 7.27. The van der Waals surface area contributed by atoms with E-state index in [0.29, 0.717) is 0 Å². The lowest BCUT2D eigenvalue weighted by Gasteiger charge is -2.02. The fraction of sp³-hybridized carbons (Fsp3) is 0.222. The molecule has 7 heteroatoms. The van der Waals surface area contributed by atoms with Crippen LogP contribution in [0.5, 0.6) is 6.01 Å². The van der Waals surface area contributed by atoms with Crippen molar-refractivity contribution in [1.29, 1.82) is 0 Å². The Morgan fingerprint density at radius 2 is 2.38 bits per heavy atom. The lowest BCUT2D eigenvalue weighted by atomic mass is 10.5. The van der Waals surface area contributed by atoms with Crippen LogP contribution in [-0.2, 0) is 13.7 Å². The van der Waals surface area contributed by atoms with Crippen molar-refractivity contribution in [3.63, 3.8) is 0 Å². The highest BCUT2D eigenvalue weighted by Crippen LogP contribution is 2.10. The molecule has 16 heavy (non-hydrogen) atoms. The Bertz CT molecular complexity index is 498. The molecule has 0 spiro atoms. The summed E-state index contributed by atoms with van der Waals surface area (Å²) in [7, 11) is 1.80. The molecule has 2 aromatic rings. The molecule has 0 aliphatic rings. The zero-order chi connectivity index (χ0) is 11.5. The van der Waals surface area contributed by atoms with Crippen molar-refractivity contribution >= 4 is 5.82 Å². The zero-order valence-electron chi connectivity index (χ0n) is 8.59. The third kappa shape index (κ3) is 2.25. The topological polar surface area (TPSA) is 78.9 Å². The van der Waals surface area contributed by atoms with Crippen LogP contribution in [0.25, 0.3) is 0 Å². The minimum Gasteiger partial charge on any atom is -0.457 e. The van der Waals surface area contributed by atoms with Crippen LogP contribution in [0.1, 0.15) is 5.69 Å². The second-order valence-electron chi connectivity index (χ2n) is 3.16. The first-order valence-electron chi connectivity index (χ1n) is 4.54. The van der Waals surface area contributed by atoms with Crippen LogP contribution in [-0.4, -0.2) is 19.7 Å². The van der Waals surface area contributed by atoms with E-state index in [4.69, 9.17) is 10.5 Å². The summed E-state index contributed by atoms with van der Waals surface area (Å²) >= 11 is 0. The van der Waals surface area contributed by atoms with Crippen LogP contribution in [0.15, 0.2) is 18.5 Å². The number of hydrogen-bond donors (Lipinski definition) is 1. The monoisotopic (exact) mass is 223 g/mol. The van der Waals surface area contributed by atoms with Gasteiger partial charge in [0.2, 0.25) is 0 Å². The van der Waals surface area contributed by atoms with Crippen molar-refractivity contribution in [3.8, 4) is 6.01 Å². The molecule has 2 rings (SSSR count). The Kier molecular flexibility index (Phi) is 2.67. The van der Waals surface area contributed by atoms with E-state index in [1.165, 1.54) is 0 Å². The number of hydrogen-bond acceptors (Lipinski definition) is 5. The molecule has 0 unspecified atom stereocenters. The van der Waals surface area contributed by atoms with Crippen LogP contribution in [0.3, 0.4) is 0 Å². The van der Waals surface area contributed by atoms with Gasteiger partial charge < -0.3 is 10.5 Å².